The predicted octanol–water partition coefficient (Wildman–Crippen LogP) is 2.09. The number of rotatable bonds is 8. The highest BCUT2D eigenvalue weighted by atomic mass is 32.1. The van der Waals surface area contributed by atoms with Crippen LogP contribution in [0.5, 0.6) is 0 Å². The zero-order valence-electron chi connectivity index (χ0n) is 13.7. The molecular weight excluding hydrogens is 296 g/mol. The molecule has 0 amide bonds. The Morgan fingerprint density at radius 3 is 2.86 bits per heavy atom. The van der Waals surface area contributed by atoms with Crippen molar-refractivity contribution < 1.29 is 4.74 Å². The lowest BCUT2D eigenvalue weighted by Crippen LogP contribution is -2.43. The number of hydrogen-bond donors (Lipinski definition) is 2. The third-order valence-corrected chi connectivity index (χ3v) is 4.86. The number of likely N-dealkylation sites (tertiary alicyclic amines) is 1. The first-order valence-electron chi connectivity index (χ1n) is 8.15. The van der Waals surface area contributed by atoms with Crippen LogP contribution >= 0.6 is 11.3 Å². The lowest BCUT2D eigenvalue weighted by atomic mass is 10.2. The normalized spacial score (nSPS) is 17.6. The molecule has 5 nitrogen and oxygen atoms in total. The van der Waals surface area contributed by atoms with Crippen LogP contribution in [0.15, 0.2) is 22.5 Å². The largest absolute Gasteiger partial charge is 0.380 e. The highest BCUT2D eigenvalue weighted by molar-refractivity contribution is 7.10. The highest BCUT2D eigenvalue weighted by Gasteiger charge is 2.24. The lowest BCUT2D eigenvalue weighted by molar-refractivity contribution is 0.152. The summed E-state index contributed by atoms with van der Waals surface area (Å²) in [4.78, 5) is 8.29. The summed E-state index contributed by atoms with van der Waals surface area (Å²) in [5, 5.41) is 8.91. The average Bonchev–Trinajstić information content (AvgIpc) is 3.23. The first-order chi connectivity index (χ1) is 10.8. The van der Waals surface area contributed by atoms with Crippen LogP contribution in [-0.2, 0) is 4.74 Å². The van der Waals surface area contributed by atoms with Crippen LogP contribution in [0.25, 0.3) is 0 Å². The minimum absolute atomic E-state index is 0.438. The Morgan fingerprint density at radius 1 is 1.41 bits per heavy atom. The van der Waals surface area contributed by atoms with Crippen molar-refractivity contribution in [2.75, 3.05) is 46.4 Å². The van der Waals surface area contributed by atoms with E-state index >= 15 is 0 Å². The Labute approximate surface area is 137 Å². The Kier molecular flexibility index (Phi) is 7.70. The van der Waals surface area contributed by atoms with Gasteiger partial charge in [-0.15, -0.1) is 11.3 Å². The molecule has 0 saturated carbocycles. The molecule has 1 atom stereocenters. The lowest BCUT2D eigenvalue weighted by Gasteiger charge is -2.27. The van der Waals surface area contributed by atoms with Crippen molar-refractivity contribution in [1.29, 1.82) is 0 Å². The van der Waals surface area contributed by atoms with Gasteiger partial charge in [0, 0.05) is 31.6 Å². The van der Waals surface area contributed by atoms with Crippen molar-refractivity contribution in [1.82, 2.24) is 15.5 Å². The zero-order valence-corrected chi connectivity index (χ0v) is 14.5. The Bertz CT molecular complexity index is 429. The molecule has 2 N–H and O–H groups in total. The predicted molar refractivity (Wildman–Crippen MR) is 93.7 cm³/mol. The summed E-state index contributed by atoms with van der Waals surface area (Å²) < 4.78 is 5.34. The monoisotopic (exact) mass is 324 g/mol. The second-order valence-corrected chi connectivity index (χ2v) is 6.33. The molecule has 22 heavy (non-hydrogen) atoms. The second kappa shape index (κ2) is 9.82. The molecule has 1 aliphatic heterocycles. The summed E-state index contributed by atoms with van der Waals surface area (Å²) in [6.07, 6.45) is 2.62. The molecule has 2 rings (SSSR count). The van der Waals surface area contributed by atoms with Crippen molar-refractivity contribution in [2.24, 2.45) is 4.99 Å². The molecular formula is C16H28N4OS. The fraction of sp³-hybridized carbons (Fsp3) is 0.688. The molecule has 0 radical (unpaired) electrons. The average molecular weight is 324 g/mol. The SMILES string of the molecule is CCOCCNC(=NC)NCC(c1cccs1)N1CCCC1. The van der Waals surface area contributed by atoms with Crippen molar-refractivity contribution in [3.8, 4) is 0 Å². The minimum Gasteiger partial charge on any atom is -0.380 e. The maximum Gasteiger partial charge on any atom is 0.191 e. The molecule has 6 heteroatoms. The Morgan fingerprint density at radius 2 is 2.23 bits per heavy atom. The van der Waals surface area contributed by atoms with E-state index in [1.165, 1.54) is 30.8 Å². The molecule has 124 valence electrons. The summed E-state index contributed by atoms with van der Waals surface area (Å²) in [5.74, 6) is 0.848. The molecule has 1 fully saturated rings. The summed E-state index contributed by atoms with van der Waals surface area (Å²) in [7, 11) is 1.81. The molecule has 2 heterocycles. The van der Waals surface area contributed by atoms with E-state index < -0.39 is 0 Å². The van der Waals surface area contributed by atoms with E-state index in [4.69, 9.17) is 4.74 Å². The zero-order chi connectivity index (χ0) is 15.6. The van der Waals surface area contributed by atoms with Crippen molar-refractivity contribution in [3.63, 3.8) is 0 Å². The minimum atomic E-state index is 0.438. The maximum atomic E-state index is 5.34. The molecule has 1 saturated heterocycles. The molecule has 1 aromatic heterocycles. The van der Waals surface area contributed by atoms with Gasteiger partial charge in [0.05, 0.1) is 12.6 Å². The van der Waals surface area contributed by atoms with E-state index in [9.17, 15) is 0 Å². The van der Waals surface area contributed by atoms with Gasteiger partial charge in [-0.1, -0.05) is 6.07 Å². The molecule has 0 aliphatic carbocycles. The van der Waals surface area contributed by atoms with Gasteiger partial charge in [0.1, 0.15) is 0 Å². The van der Waals surface area contributed by atoms with Crippen LogP contribution in [0.4, 0.5) is 0 Å². The van der Waals surface area contributed by atoms with Gasteiger partial charge in [-0.25, -0.2) is 0 Å². The third kappa shape index (κ3) is 5.26. The van der Waals surface area contributed by atoms with Crippen LogP contribution in [0, 0.1) is 0 Å². The van der Waals surface area contributed by atoms with E-state index in [-0.39, 0.29) is 0 Å². The maximum absolute atomic E-state index is 5.34. The van der Waals surface area contributed by atoms with Crippen LogP contribution in [0.2, 0.25) is 0 Å². The molecule has 1 aliphatic rings. The number of aliphatic imine (C=N–C) groups is 1. The summed E-state index contributed by atoms with van der Waals surface area (Å²) >= 11 is 1.84. The molecule has 1 unspecified atom stereocenters. The molecule has 0 spiro atoms. The second-order valence-electron chi connectivity index (χ2n) is 5.35. The standard InChI is InChI=1S/C16H28N4OS/c1-3-21-11-8-18-16(17-2)19-13-14(15-7-6-12-22-15)20-9-4-5-10-20/h6-7,12,14H,3-5,8-11,13H2,1-2H3,(H2,17,18,19). The van der Waals surface area contributed by atoms with Gasteiger partial charge < -0.3 is 15.4 Å². The third-order valence-electron chi connectivity index (χ3n) is 3.88. The van der Waals surface area contributed by atoms with Crippen molar-refractivity contribution in [2.45, 2.75) is 25.8 Å². The summed E-state index contributed by atoms with van der Waals surface area (Å²) in [6.45, 7) is 7.52. The number of guanidine groups is 1. The molecule has 1 aromatic rings. The smallest absolute Gasteiger partial charge is 0.191 e. The van der Waals surface area contributed by atoms with E-state index in [1.807, 2.05) is 25.3 Å². The highest BCUT2D eigenvalue weighted by Crippen LogP contribution is 2.27. The van der Waals surface area contributed by atoms with Crippen LogP contribution in [-0.4, -0.2) is 57.3 Å². The van der Waals surface area contributed by atoms with Gasteiger partial charge in [0.2, 0.25) is 0 Å². The first-order valence-corrected chi connectivity index (χ1v) is 9.02. The van der Waals surface area contributed by atoms with E-state index in [0.29, 0.717) is 12.6 Å². The number of thiophene rings is 1. The number of nitrogens with zero attached hydrogens (tertiary/aromatic N) is 2. The van der Waals surface area contributed by atoms with E-state index in [2.05, 4.69) is 38.0 Å². The molecule has 0 aromatic carbocycles. The van der Waals surface area contributed by atoms with Gasteiger partial charge in [-0.3, -0.25) is 9.89 Å². The van der Waals surface area contributed by atoms with Gasteiger partial charge in [0.25, 0.3) is 0 Å². The Balaban J connectivity index is 1.84. The summed E-state index contributed by atoms with van der Waals surface area (Å²) in [6, 6.07) is 4.81. The first kappa shape index (κ1) is 17.2. The van der Waals surface area contributed by atoms with Gasteiger partial charge >= 0.3 is 0 Å². The quantitative estimate of drug-likeness (QED) is 0.437. The number of ether oxygens (including phenoxy) is 1. The Hall–Kier alpha value is -1.11. The van der Waals surface area contributed by atoms with Crippen molar-refractivity contribution >= 4 is 17.3 Å². The van der Waals surface area contributed by atoms with Crippen molar-refractivity contribution in [3.05, 3.63) is 22.4 Å². The number of hydrogen-bond acceptors (Lipinski definition) is 4. The summed E-state index contributed by atoms with van der Waals surface area (Å²) in [5.41, 5.74) is 0. The molecule has 0 bridgehead atoms. The number of nitrogens with one attached hydrogen (secondary N) is 2. The van der Waals surface area contributed by atoms with Gasteiger partial charge in [0.15, 0.2) is 5.96 Å². The van der Waals surface area contributed by atoms with Gasteiger partial charge in [-0.2, -0.15) is 0 Å². The van der Waals surface area contributed by atoms with E-state index in [0.717, 1.165) is 25.7 Å². The van der Waals surface area contributed by atoms with E-state index in [1.54, 1.807) is 0 Å². The fourth-order valence-corrected chi connectivity index (χ4v) is 3.60. The van der Waals surface area contributed by atoms with Crippen LogP contribution in [0.3, 0.4) is 0 Å². The van der Waals surface area contributed by atoms with Gasteiger partial charge in [-0.05, 0) is 44.3 Å². The fourth-order valence-electron chi connectivity index (χ4n) is 2.74. The van der Waals surface area contributed by atoms with Crippen LogP contribution in [0.1, 0.15) is 30.7 Å². The topological polar surface area (TPSA) is 48.9 Å². The van der Waals surface area contributed by atoms with Crippen LogP contribution < -0.4 is 10.6 Å².